The summed E-state index contributed by atoms with van der Waals surface area (Å²) in [6.45, 7) is 0.649. The molecule has 1 aromatic rings. The Morgan fingerprint density at radius 3 is 2.83 bits per heavy atom. The quantitative estimate of drug-likeness (QED) is 0.855. The van der Waals surface area contributed by atoms with E-state index < -0.39 is 0 Å². The lowest BCUT2D eigenvalue weighted by molar-refractivity contribution is 0.199. The predicted octanol–water partition coefficient (Wildman–Crippen LogP) is 1.33. The summed E-state index contributed by atoms with van der Waals surface area (Å²) < 4.78 is 10.3. The molecule has 0 aromatic carbocycles. The molecule has 0 saturated carbocycles. The molecule has 2 aliphatic rings. The van der Waals surface area contributed by atoms with Crippen molar-refractivity contribution in [1.82, 2.24) is 15.5 Å². The molecule has 0 radical (unpaired) electrons. The van der Waals surface area contributed by atoms with Crippen molar-refractivity contribution in [2.75, 3.05) is 13.7 Å². The minimum atomic E-state index is 0.649. The summed E-state index contributed by atoms with van der Waals surface area (Å²) in [5.74, 6) is 2.27. The maximum atomic E-state index is 5.32. The summed E-state index contributed by atoms with van der Waals surface area (Å²) in [7, 11) is 1.69. The molecular weight excluding hydrogens is 230 g/mol. The van der Waals surface area contributed by atoms with Gasteiger partial charge in [-0.25, -0.2) is 0 Å². The first-order valence-corrected chi connectivity index (χ1v) is 6.90. The molecule has 18 heavy (non-hydrogen) atoms. The highest BCUT2D eigenvalue weighted by molar-refractivity contribution is 4.96. The smallest absolute Gasteiger partial charge is 0.226 e. The third kappa shape index (κ3) is 2.72. The van der Waals surface area contributed by atoms with E-state index in [4.69, 9.17) is 9.26 Å². The molecule has 0 amide bonds. The first kappa shape index (κ1) is 12.1. The first-order chi connectivity index (χ1) is 8.83. The molecule has 5 nitrogen and oxygen atoms in total. The monoisotopic (exact) mass is 251 g/mol. The van der Waals surface area contributed by atoms with Crippen molar-refractivity contribution < 1.29 is 9.26 Å². The van der Waals surface area contributed by atoms with E-state index in [1.54, 1.807) is 7.11 Å². The van der Waals surface area contributed by atoms with Gasteiger partial charge in [0.2, 0.25) is 5.89 Å². The van der Waals surface area contributed by atoms with Crippen LogP contribution in [0.15, 0.2) is 4.52 Å². The Balaban J connectivity index is 1.54. The van der Waals surface area contributed by atoms with E-state index >= 15 is 0 Å². The van der Waals surface area contributed by atoms with Gasteiger partial charge in [0, 0.05) is 32.0 Å². The van der Waals surface area contributed by atoms with Crippen LogP contribution in [0.4, 0.5) is 0 Å². The van der Waals surface area contributed by atoms with Crippen LogP contribution in [0.3, 0.4) is 0 Å². The molecule has 0 spiro atoms. The van der Waals surface area contributed by atoms with Gasteiger partial charge in [-0.05, 0) is 31.6 Å². The van der Waals surface area contributed by atoms with Crippen LogP contribution >= 0.6 is 0 Å². The van der Waals surface area contributed by atoms with Crippen molar-refractivity contribution in [3.05, 3.63) is 11.7 Å². The van der Waals surface area contributed by atoms with Gasteiger partial charge in [0.15, 0.2) is 5.82 Å². The predicted molar refractivity (Wildman–Crippen MR) is 66.3 cm³/mol. The van der Waals surface area contributed by atoms with E-state index in [1.165, 1.54) is 25.7 Å². The lowest BCUT2D eigenvalue weighted by Gasteiger charge is -2.27. The Kier molecular flexibility index (Phi) is 3.61. The van der Waals surface area contributed by atoms with Crippen molar-refractivity contribution in [3.63, 3.8) is 0 Å². The van der Waals surface area contributed by atoms with Crippen molar-refractivity contribution in [1.29, 1.82) is 0 Å². The van der Waals surface area contributed by atoms with Gasteiger partial charge in [-0.1, -0.05) is 5.16 Å². The summed E-state index contributed by atoms with van der Waals surface area (Å²) in [5, 5.41) is 7.65. The average molecular weight is 251 g/mol. The second kappa shape index (κ2) is 5.36. The number of ether oxygens (including phenoxy) is 1. The molecule has 100 valence electrons. The Labute approximate surface area is 107 Å². The van der Waals surface area contributed by atoms with Crippen LogP contribution in [-0.4, -0.2) is 35.9 Å². The molecule has 3 rings (SSSR count). The van der Waals surface area contributed by atoms with Gasteiger partial charge in [-0.15, -0.1) is 0 Å². The van der Waals surface area contributed by atoms with E-state index in [0.29, 0.717) is 12.5 Å². The van der Waals surface area contributed by atoms with Crippen molar-refractivity contribution >= 4 is 0 Å². The molecule has 1 N–H and O–H groups in total. The fourth-order valence-electron chi connectivity index (χ4n) is 3.26. The normalized spacial score (nSPS) is 30.8. The zero-order valence-electron chi connectivity index (χ0n) is 10.9. The summed E-state index contributed by atoms with van der Waals surface area (Å²) >= 11 is 0. The summed E-state index contributed by atoms with van der Waals surface area (Å²) in [6.07, 6.45) is 6.86. The number of nitrogens with zero attached hydrogens (tertiary/aromatic N) is 2. The second-order valence-corrected chi connectivity index (χ2v) is 5.53. The van der Waals surface area contributed by atoms with E-state index in [1.807, 2.05) is 0 Å². The number of hydrogen-bond donors (Lipinski definition) is 1. The number of fused-ring (bicyclic) bond motifs is 2. The SMILES string of the molecule is COCCc1noc(CC2CC3CCC(C2)N3)n1. The van der Waals surface area contributed by atoms with Crippen LogP contribution in [0.2, 0.25) is 0 Å². The molecule has 1 aromatic heterocycles. The fourth-order valence-corrected chi connectivity index (χ4v) is 3.26. The van der Waals surface area contributed by atoms with Crippen molar-refractivity contribution in [2.24, 2.45) is 5.92 Å². The molecule has 2 unspecified atom stereocenters. The number of aromatic nitrogens is 2. The first-order valence-electron chi connectivity index (χ1n) is 6.90. The van der Waals surface area contributed by atoms with Crippen LogP contribution in [0.5, 0.6) is 0 Å². The van der Waals surface area contributed by atoms with Gasteiger partial charge in [0.25, 0.3) is 0 Å². The van der Waals surface area contributed by atoms with Crippen LogP contribution < -0.4 is 5.32 Å². The van der Waals surface area contributed by atoms with E-state index in [9.17, 15) is 0 Å². The lowest BCUT2D eigenvalue weighted by Crippen LogP contribution is -2.38. The van der Waals surface area contributed by atoms with Gasteiger partial charge in [-0.2, -0.15) is 4.98 Å². The Bertz CT molecular complexity index is 381. The molecule has 2 saturated heterocycles. The Hall–Kier alpha value is -0.940. The summed E-state index contributed by atoms with van der Waals surface area (Å²) in [5.41, 5.74) is 0. The van der Waals surface area contributed by atoms with Gasteiger partial charge in [0.1, 0.15) is 0 Å². The third-order valence-electron chi connectivity index (χ3n) is 4.07. The molecule has 3 heterocycles. The van der Waals surface area contributed by atoms with Crippen LogP contribution in [0.1, 0.15) is 37.4 Å². The molecule has 5 heteroatoms. The minimum absolute atomic E-state index is 0.649. The fraction of sp³-hybridized carbons (Fsp3) is 0.846. The van der Waals surface area contributed by atoms with E-state index in [0.717, 1.165) is 36.6 Å². The number of piperidine rings is 1. The van der Waals surface area contributed by atoms with Gasteiger partial charge in [0.05, 0.1) is 6.61 Å². The maximum Gasteiger partial charge on any atom is 0.226 e. The molecule has 0 aliphatic carbocycles. The van der Waals surface area contributed by atoms with Crippen LogP contribution in [0.25, 0.3) is 0 Å². The molecular formula is C13H21N3O2. The summed E-state index contributed by atoms with van der Waals surface area (Å²) in [4.78, 5) is 4.43. The number of methoxy groups -OCH3 is 1. The van der Waals surface area contributed by atoms with E-state index in [-0.39, 0.29) is 0 Å². The minimum Gasteiger partial charge on any atom is -0.384 e. The van der Waals surface area contributed by atoms with Gasteiger partial charge >= 0.3 is 0 Å². The Morgan fingerprint density at radius 1 is 1.33 bits per heavy atom. The molecule has 2 atom stereocenters. The highest BCUT2D eigenvalue weighted by Crippen LogP contribution is 2.32. The van der Waals surface area contributed by atoms with Gasteiger partial charge in [-0.3, -0.25) is 0 Å². The third-order valence-corrected chi connectivity index (χ3v) is 4.07. The Morgan fingerprint density at radius 2 is 2.11 bits per heavy atom. The maximum absolute atomic E-state index is 5.32. The number of nitrogens with one attached hydrogen (secondary N) is 1. The lowest BCUT2D eigenvalue weighted by atomic mass is 9.90. The molecule has 2 aliphatic heterocycles. The van der Waals surface area contributed by atoms with Gasteiger partial charge < -0.3 is 14.6 Å². The van der Waals surface area contributed by atoms with Crippen molar-refractivity contribution in [3.8, 4) is 0 Å². The second-order valence-electron chi connectivity index (χ2n) is 5.53. The zero-order valence-corrected chi connectivity index (χ0v) is 10.9. The average Bonchev–Trinajstić information content (AvgIpc) is 2.94. The zero-order chi connectivity index (χ0) is 12.4. The van der Waals surface area contributed by atoms with Crippen LogP contribution in [0, 0.1) is 5.92 Å². The number of hydrogen-bond acceptors (Lipinski definition) is 5. The molecule has 2 bridgehead atoms. The highest BCUT2D eigenvalue weighted by Gasteiger charge is 2.34. The largest absolute Gasteiger partial charge is 0.384 e. The molecule has 2 fully saturated rings. The van der Waals surface area contributed by atoms with E-state index in [2.05, 4.69) is 15.5 Å². The van der Waals surface area contributed by atoms with Crippen LogP contribution in [-0.2, 0) is 17.6 Å². The standard InChI is InChI=1S/C13H21N3O2/c1-17-5-4-12-15-13(18-16-12)8-9-6-10-2-3-11(7-9)14-10/h9-11,14H,2-8H2,1H3. The highest BCUT2D eigenvalue weighted by atomic mass is 16.5. The topological polar surface area (TPSA) is 60.2 Å². The number of rotatable bonds is 5. The van der Waals surface area contributed by atoms with Crippen molar-refractivity contribution in [2.45, 2.75) is 50.6 Å². The summed E-state index contributed by atoms with van der Waals surface area (Å²) in [6, 6.07) is 1.45.